The van der Waals surface area contributed by atoms with Crippen molar-refractivity contribution in [2.24, 2.45) is 0 Å². The van der Waals surface area contributed by atoms with Crippen LogP contribution in [0.3, 0.4) is 0 Å². The quantitative estimate of drug-likeness (QED) is 0.458. The monoisotopic (exact) mass is 203 g/mol. The first-order valence-electron chi connectivity index (χ1n) is 2.05. The van der Waals surface area contributed by atoms with E-state index in [1.54, 1.807) is 0 Å². The number of aliphatic hydroxyl groups is 1. The van der Waals surface area contributed by atoms with E-state index in [4.69, 9.17) is 9.66 Å². The molecule has 0 rings (SSSR count). The van der Waals surface area contributed by atoms with E-state index in [1.165, 1.54) is 6.92 Å². The maximum Gasteiger partial charge on any atom is 0.267 e. The second-order valence-electron chi connectivity index (χ2n) is 1.60. The Morgan fingerprint density at radius 1 is 1.56 bits per heavy atom. The molecule has 0 saturated carbocycles. The zero-order valence-electron chi connectivity index (χ0n) is 4.71. The largest absolute Gasteiger partial charge is 0.392 e. The summed E-state index contributed by atoms with van der Waals surface area (Å²) in [5.74, 6) is -0.590. The summed E-state index contributed by atoms with van der Waals surface area (Å²) >= 11 is 0. The normalized spacial score (nSPS) is 14.1. The third-order valence-electron chi connectivity index (χ3n) is 0.452. The fraction of sp³-hybridized carbons (Fsp3) is 1.00. The van der Waals surface area contributed by atoms with Crippen LogP contribution >= 0.6 is 0 Å². The molecule has 0 amide bonds. The van der Waals surface area contributed by atoms with Gasteiger partial charge in [-0.25, -0.2) is 0 Å². The molecule has 1 radical (unpaired) electrons. The van der Waals surface area contributed by atoms with E-state index in [2.05, 4.69) is 0 Å². The van der Waals surface area contributed by atoms with Gasteiger partial charge in [-0.05, 0) is 6.92 Å². The van der Waals surface area contributed by atoms with Crippen LogP contribution in [0.1, 0.15) is 6.92 Å². The zero-order valence-corrected chi connectivity index (χ0v) is 6.46. The molecule has 1 atom stereocenters. The second-order valence-corrected chi connectivity index (χ2v) is 3.09. The molecule has 1 unspecified atom stereocenters. The second kappa shape index (κ2) is 4.24. The molecule has 6 heteroatoms. The smallest absolute Gasteiger partial charge is 0.267 e. The van der Waals surface area contributed by atoms with Gasteiger partial charge in [-0.15, -0.1) is 0 Å². The Morgan fingerprint density at radius 3 is 1.89 bits per heavy atom. The van der Waals surface area contributed by atoms with Crippen LogP contribution in [-0.2, 0) is 27.2 Å². The number of rotatable bonds is 2. The van der Waals surface area contributed by atoms with Crippen LogP contribution in [0.5, 0.6) is 0 Å². The van der Waals surface area contributed by atoms with Gasteiger partial charge in [0.15, 0.2) is 0 Å². The first-order valence-corrected chi connectivity index (χ1v) is 3.66. The Kier molecular flexibility index (Phi) is 5.71. The molecular weight excluding hydrogens is 196 g/mol. The van der Waals surface area contributed by atoms with Gasteiger partial charge in [0, 0.05) is 17.1 Å². The van der Waals surface area contributed by atoms with E-state index in [9.17, 15) is 8.42 Å². The molecule has 0 aliphatic rings. The molecule has 0 aromatic carbocycles. The van der Waals surface area contributed by atoms with Crippen molar-refractivity contribution in [1.29, 1.82) is 0 Å². The van der Waals surface area contributed by atoms with E-state index >= 15 is 0 Å². The minimum absolute atomic E-state index is 0. The minimum atomic E-state index is -3.97. The molecule has 0 aromatic heterocycles. The molecule has 0 fully saturated rings. The molecule has 0 heterocycles. The molecule has 0 aliphatic heterocycles. The Balaban J connectivity index is 0. The van der Waals surface area contributed by atoms with Gasteiger partial charge in [-0.1, -0.05) is 0 Å². The predicted molar refractivity (Wildman–Crippen MR) is 28.1 cm³/mol. The van der Waals surface area contributed by atoms with Gasteiger partial charge in [0.05, 0.1) is 6.10 Å². The Bertz CT molecular complexity index is 149. The van der Waals surface area contributed by atoms with Crippen LogP contribution < -0.4 is 0 Å². The van der Waals surface area contributed by atoms with Crippen molar-refractivity contribution in [3.05, 3.63) is 0 Å². The summed E-state index contributed by atoms with van der Waals surface area (Å²) in [6, 6.07) is 0. The van der Waals surface area contributed by atoms with E-state index in [0.717, 1.165) is 0 Å². The zero-order chi connectivity index (χ0) is 6.78. The summed E-state index contributed by atoms with van der Waals surface area (Å²) in [7, 11) is -3.97. The summed E-state index contributed by atoms with van der Waals surface area (Å²) in [6.07, 6.45) is -0.995. The number of hydrogen-bond donors (Lipinski definition) is 2. The van der Waals surface area contributed by atoms with Crippen LogP contribution in [0.2, 0.25) is 0 Å². The average Bonchev–Trinajstić information content (AvgIpc) is 1.21. The Morgan fingerprint density at radius 2 is 1.89 bits per heavy atom. The topological polar surface area (TPSA) is 74.6 Å². The standard InChI is InChI=1S/C3H8O4S.Cu/c1-3(4)2-8(5,6)7;/h3-4H,2H2,1H3,(H,5,6,7);. The van der Waals surface area contributed by atoms with Crippen molar-refractivity contribution < 1.29 is 35.1 Å². The molecule has 9 heavy (non-hydrogen) atoms. The summed E-state index contributed by atoms with van der Waals surface area (Å²) in [5, 5.41) is 8.35. The molecule has 2 N–H and O–H groups in total. The summed E-state index contributed by atoms with van der Waals surface area (Å²) in [4.78, 5) is 0. The van der Waals surface area contributed by atoms with Crippen molar-refractivity contribution in [3.63, 3.8) is 0 Å². The number of hydrogen-bond acceptors (Lipinski definition) is 3. The van der Waals surface area contributed by atoms with Gasteiger partial charge in [0.25, 0.3) is 10.1 Å². The Hall–Kier alpha value is 0.389. The van der Waals surface area contributed by atoms with E-state index in [0.29, 0.717) is 0 Å². The molecular formula is C3H8CuO4S. The van der Waals surface area contributed by atoms with Crippen LogP contribution in [0.4, 0.5) is 0 Å². The van der Waals surface area contributed by atoms with Gasteiger partial charge < -0.3 is 5.11 Å². The van der Waals surface area contributed by atoms with Crippen molar-refractivity contribution >= 4 is 10.1 Å². The Labute approximate surface area is 64.5 Å². The van der Waals surface area contributed by atoms with Gasteiger partial charge in [-0.3, -0.25) is 4.55 Å². The maximum absolute atomic E-state index is 9.84. The predicted octanol–water partition coefficient (Wildman–Crippen LogP) is -0.747. The van der Waals surface area contributed by atoms with Crippen LogP contribution in [-0.4, -0.2) is 29.9 Å². The summed E-state index contributed by atoms with van der Waals surface area (Å²) < 4.78 is 27.7. The van der Waals surface area contributed by atoms with Crippen molar-refractivity contribution in [2.45, 2.75) is 13.0 Å². The van der Waals surface area contributed by atoms with Gasteiger partial charge in [0.2, 0.25) is 0 Å². The molecule has 61 valence electrons. The minimum Gasteiger partial charge on any atom is -0.392 e. The van der Waals surface area contributed by atoms with E-state index in [-0.39, 0.29) is 17.1 Å². The van der Waals surface area contributed by atoms with E-state index < -0.39 is 22.0 Å². The van der Waals surface area contributed by atoms with Crippen LogP contribution in [0.25, 0.3) is 0 Å². The van der Waals surface area contributed by atoms with Crippen molar-refractivity contribution in [3.8, 4) is 0 Å². The fourth-order valence-corrected chi connectivity index (χ4v) is 0.914. The summed E-state index contributed by atoms with van der Waals surface area (Å²) in [5.41, 5.74) is 0. The average molecular weight is 204 g/mol. The van der Waals surface area contributed by atoms with Crippen molar-refractivity contribution in [1.82, 2.24) is 0 Å². The molecule has 0 aromatic rings. The summed E-state index contributed by atoms with van der Waals surface area (Å²) in [6.45, 7) is 1.29. The van der Waals surface area contributed by atoms with Gasteiger partial charge in [-0.2, -0.15) is 8.42 Å². The third-order valence-corrected chi connectivity index (χ3v) is 1.36. The van der Waals surface area contributed by atoms with E-state index in [1.807, 2.05) is 0 Å². The third kappa shape index (κ3) is 11.8. The first-order chi connectivity index (χ1) is 3.42. The van der Waals surface area contributed by atoms with Crippen LogP contribution in [0.15, 0.2) is 0 Å². The SMILES string of the molecule is CC(O)CS(=O)(=O)O.[Cu]. The van der Waals surface area contributed by atoms with Crippen molar-refractivity contribution in [2.75, 3.05) is 5.75 Å². The molecule has 4 nitrogen and oxygen atoms in total. The van der Waals surface area contributed by atoms with Gasteiger partial charge in [0.1, 0.15) is 5.75 Å². The molecule has 0 spiro atoms. The number of aliphatic hydroxyl groups excluding tert-OH is 1. The molecule has 0 aliphatic carbocycles. The molecule has 0 saturated heterocycles. The van der Waals surface area contributed by atoms with Crippen LogP contribution in [0, 0.1) is 0 Å². The maximum atomic E-state index is 9.84. The first kappa shape index (κ1) is 12.1. The van der Waals surface area contributed by atoms with Gasteiger partial charge >= 0.3 is 0 Å². The molecule has 0 bridgehead atoms. The fourth-order valence-electron chi connectivity index (χ4n) is 0.305.